The number of aromatic nitrogens is 3. The highest BCUT2D eigenvalue weighted by atomic mass is 15.3. The Morgan fingerprint density at radius 3 is 2.59 bits per heavy atom. The molecule has 98 valence electrons. The number of hydrogen-bond acceptors (Lipinski definition) is 4. The molecule has 1 heterocycles. The molecule has 17 heavy (non-hydrogen) atoms. The summed E-state index contributed by atoms with van der Waals surface area (Å²) in [5.74, 6) is 1.96. The Hall–Kier alpha value is -0.940. The van der Waals surface area contributed by atoms with Crippen molar-refractivity contribution in [2.24, 2.45) is 7.05 Å². The van der Waals surface area contributed by atoms with Crippen LogP contribution in [0.2, 0.25) is 0 Å². The van der Waals surface area contributed by atoms with Crippen molar-refractivity contribution < 1.29 is 0 Å². The Bertz CT molecular complexity index is 332. The van der Waals surface area contributed by atoms with Crippen LogP contribution in [0, 0.1) is 6.92 Å². The summed E-state index contributed by atoms with van der Waals surface area (Å²) in [6, 6.07) is 0.622. The van der Waals surface area contributed by atoms with Crippen molar-refractivity contribution in [3.05, 3.63) is 11.6 Å². The van der Waals surface area contributed by atoms with E-state index in [9.17, 15) is 0 Å². The van der Waals surface area contributed by atoms with Crippen LogP contribution in [0.25, 0.3) is 0 Å². The number of rotatable bonds is 7. The molecule has 1 aromatic rings. The van der Waals surface area contributed by atoms with Crippen LogP contribution in [0.1, 0.15) is 31.9 Å². The second-order valence-corrected chi connectivity index (χ2v) is 4.83. The van der Waals surface area contributed by atoms with Gasteiger partial charge >= 0.3 is 0 Å². The Kier molecular flexibility index (Phi) is 5.58. The molecule has 0 unspecified atom stereocenters. The van der Waals surface area contributed by atoms with Crippen molar-refractivity contribution in [3.8, 4) is 0 Å². The molecule has 0 aliphatic rings. The van der Waals surface area contributed by atoms with E-state index >= 15 is 0 Å². The molecule has 5 heteroatoms. The van der Waals surface area contributed by atoms with Crippen LogP contribution in [-0.2, 0) is 13.6 Å². The van der Waals surface area contributed by atoms with Gasteiger partial charge in [0.05, 0.1) is 6.54 Å². The highest BCUT2D eigenvalue weighted by molar-refractivity contribution is 4.91. The first-order valence-electron chi connectivity index (χ1n) is 6.28. The van der Waals surface area contributed by atoms with Crippen LogP contribution in [0.3, 0.4) is 0 Å². The Morgan fingerprint density at radius 2 is 2.06 bits per heavy atom. The average molecular weight is 239 g/mol. The van der Waals surface area contributed by atoms with Crippen molar-refractivity contribution in [2.75, 3.05) is 20.1 Å². The molecular formula is C12H25N5. The number of nitrogens with one attached hydrogen (secondary N) is 1. The Morgan fingerprint density at radius 1 is 1.35 bits per heavy atom. The van der Waals surface area contributed by atoms with E-state index in [0.717, 1.165) is 37.7 Å². The Balaban J connectivity index is 2.15. The quantitative estimate of drug-likeness (QED) is 0.719. The van der Waals surface area contributed by atoms with Crippen molar-refractivity contribution in [1.29, 1.82) is 0 Å². The maximum absolute atomic E-state index is 4.12. The van der Waals surface area contributed by atoms with Crippen LogP contribution >= 0.6 is 0 Å². The zero-order valence-corrected chi connectivity index (χ0v) is 11.7. The minimum absolute atomic E-state index is 0.622. The molecule has 0 aliphatic carbocycles. The van der Waals surface area contributed by atoms with Gasteiger partial charge in [-0.15, -0.1) is 10.2 Å². The summed E-state index contributed by atoms with van der Waals surface area (Å²) in [6.07, 6.45) is 1.16. The zero-order chi connectivity index (χ0) is 12.8. The molecule has 0 fully saturated rings. The molecule has 1 aromatic heterocycles. The summed E-state index contributed by atoms with van der Waals surface area (Å²) in [6.45, 7) is 9.34. The normalized spacial score (nSPS) is 11.7. The predicted molar refractivity (Wildman–Crippen MR) is 69.8 cm³/mol. The second-order valence-electron chi connectivity index (χ2n) is 4.83. The molecule has 0 spiro atoms. The summed E-state index contributed by atoms with van der Waals surface area (Å²) >= 11 is 0. The molecule has 0 saturated carbocycles. The lowest BCUT2D eigenvalue weighted by Gasteiger charge is -2.20. The largest absolute Gasteiger partial charge is 0.317 e. The fraction of sp³-hybridized carbons (Fsp3) is 0.833. The van der Waals surface area contributed by atoms with Gasteiger partial charge in [0.25, 0.3) is 0 Å². The molecule has 0 saturated heterocycles. The molecular weight excluding hydrogens is 214 g/mol. The van der Waals surface area contributed by atoms with Gasteiger partial charge < -0.3 is 14.8 Å². The molecule has 0 aliphatic heterocycles. The van der Waals surface area contributed by atoms with Crippen molar-refractivity contribution >= 4 is 0 Å². The molecule has 0 aromatic carbocycles. The van der Waals surface area contributed by atoms with E-state index in [2.05, 4.69) is 41.3 Å². The SMILES string of the molecule is Cc1nnc(CNCCCN(C)C(C)C)n1C. The van der Waals surface area contributed by atoms with Crippen LogP contribution in [0.15, 0.2) is 0 Å². The van der Waals surface area contributed by atoms with Gasteiger partial charge in [-0.05, 0) is 47.3 Å². The highest BCUT2D eigenvalue weighted by Gasteiger charge is 2.04. The summed E-state index contributed by atoms with van der Waals surface area (Å²) in [5, 5.41) is 11.5. The first kappa shape index (κ1) is 14.1. The lowest BCUT2D eigenvalue weighted by Crippen LogP contribution is -2.29. The van der Waals surface area contributed by atoms with Gasteiger partial charge in [-0.1, -0.05) is 0 Å². The molecule has 0 radical (unpaired) electrons. The van der Waals surface area contributed by atoms with Gasteiger partial charge in [-0.2, -0.15) is 0 Å². The van der Waals surface area contributed by atoms with E-state index in [0.29, 0.717) is 6.04 Å². The fourth-order valence-corrected chi connectivity index (χ4v) is 1.52. The van der Waals surface area contributed by atoms with Crippen LogP contribution in [-0.4, -0.2) is 45.8 Å². The minimum atomic E-state index is 0.622. The van der Waals surface area contributed by atoms with Gasteiger partial charge in [0.15, 0.2) is 0 Å². The molecule has 5 nitrogen and oxygen atoms in total. The van der Waals surface area contributed by atoms with E-state index < -0.39 is 0 Å². The van der Waals surface area contributed by atoms with E-state index in [1.54, 1.807) is 0 Å². The van der Waals surface area contributed by atoms with Gasteiger partial charge in [-0.25, -0.2) is 0 Å². The third-order valence-electron chi connectivity index (χ3n) is 3.21. The second kappa shape index (κ2) is 6.71. The van der Waals surface area contributed by atoms with Gasteiger partial charge in [-0.3, -0.25) is 0 Å². The Labute approximate surface area is 104 Å². The average Bonchev–Trinajstić information content (AvgIpc) is 2.59. The lowest BCUT2D eigenvalue weighted by atomic mass is 10.3. The molecule has 0 amide bonds. The van der Waals surface area contributed by atoms with Gasteiger partial charge in [0, 0.05) is 13.1 Å². The molecule has 0 bridgehead atoms. The first-order chi connectivity index (χ1) is 8.02. The monoisotopic (exact) mass is 239 g/mol. The predicted octanol–water partition coefficient (Wildman–Crippen LogP) is 0.943. The highest BCUT2D eigenvalue weighted by Crippen LogP contribution is 1.97. The summed E-state index contributed by atoms with van der Waals surface area (Å²) in [5.41, 5.74) is 0. The van der Waals surface area contributed by atoms with Crippen molar-refractivity contribution in [1.82, 2.24) is 25.0 Å². The maximum Gasteiger partial charge on any atom is 0.146 e. The standard InChI is InChI=1S/C12H25N5/c1-10(2)16(4)8-6-7-13-9-12-15-14-11(3)17(12)5/h10,13H,6-9H2,1-5H3. The topological polar surface area (TPSA) is 46.0 Å². The summed E-state index contributed by atoms with van der Waals surface area (Å²) in [7, 11) is 4.16. The maximum atomic E-state index is 4.12. The van der Waals surface area contributed by atoms with E-state index in [1.807, 2.05) is 18.5 Å². The lowest BCUT2D eigenvalue weighted by molar-refractivity contribution is 0.269. The molecule has 1 N–H and O–H groups in total. The first-order valence-corrected chi connectivity index (χ1v) is 6.28. The summed E-state index contributed by atoms with van der Waals surface area (Å²) in [4.78, 5) is 2.36. The number of aryl methyl sites for hydroxylation is 1. The third-order valence-corrected chi connectivity index (χ3v) is 3.21. The smallest absolute Gasteiger partial charge is 0.146 e. The van der Waals surface area contributed by atoms with Gasteiger partial charge in [0.1, 0.15) is 11.6 Å². The van der Waals surface area contributed by atoms with Crippen LogP contribution in [0.5, 0.6) is 0 Å². The van der Waals surface area contributed by atoms with Crippen molar-refractivity contribution in [2.45, 2.75) is 39.8 Å². The summed E-state index contributed by atoms with van der Waals surface area (Å²) < 4.78 is 2.02. The van der Waals surface area contributed by atoms with Crippen LogP contribution < -0.4 is 5.32 Å². The molecule has 1 rings (SSSR count). The minimum Gasteiger partial charge on any atom is -0.317 e. The van der Waals surface area contributed by atoms with Gasteiger partial charge in [0.2, 0.25) is 0 Å². The van der Waals surface area contributed by atoms with Crippen LogP contribution in [0.4, 0.5) is 0 Å². The number of nitrogens with zero attached hydrogens (tertiary/aromatic N) is 4. The van der Waals surface area contributed by atoms with E-state index in [-0.39, 0.29) is 0 Å². The van der Waals surface area contributed by atoms with E-state index in [1.165, 1.54) is 0 Å². The fourth-order valence-electron chi connectivity index (χ4n) is 1.52. The zero-order valence-electron chi connectivity index (χ0n) is 11.7. The third kappa shape index (κ3) is 4.44. The van der Waals surface area contributed by atoms with Crippen molar-refractivity contribution in [3.63, 3.8) is 0 Å². The molecule has 0 atom stereocenters. The van der Waals surface area contributed by atoms with E-state index in [4.69, 9.17) is 0 Å². The number of hydrogen-bond donors (Lipinski definition) is 1.